The van der Waals surface area contributed by atoms with E-state index in [1.165, 1.54) is 0 Å². The van der Waals surface area contributed by atoms with E-state index in [1.54, 1.807) is 97.1 Å². The van der Waals surface area contributed by atoms with Crippen molar-refractivity contribution in [2.75, 3.05) is 0 Å². The lowest BCUT2D eigenvalue weighted by Crippen LogP contribution is -2.08. The molecule has 15 N–H and O–H groups in total. The standard InChI is InChI=1S/4C23H24O3.C21H20O3/c1-13-11-21(25)15(3)9-19(13)23(17-5-7-18(24)8-6-17)20-10-16(4)22(26)12-14(20)2;1-13-9-18(10-14(2)22(13)25)21(17-5-7-20(24)8-6-17)19-11-15(3)23(26)16(4)12-19;1-13-11-21(25)15(3)9-18(13)23(17-7-5-6-8-20(17)24)19-10-16(4)22(26)12-14(19)2;1-13-9-17(10-14(2)22(13)25)21(19-7-5-6-8-20(19)24)18-11-15(3)23(26)16(4)12-18;1-13-11-16(5-9-19(13)23)21(15-3-7-18(22)8-4-15)17-6-10-20(24)14(2)12-17/h5-12,23-26H,1-4H3;5-12,21,24-26H,1-4H3;5-12,23-26H,1-4H3;5-12,21,24-26H,1-4H3;3-12,21-24H,1-2H3. The fraction of sp³-hybridized carbons (Fsp3) is 0.204. The minimum Gasteiger partial charge on any atom is -0.508 e. The van der Waals surface area contributed by atoms with Gasteiger partial charge in [-0.3, -0.25) is 0 Å². The highest BCUT2D eigenvalue weighted by Gasteiger charge is 2.29. The van der Waals surface area contributed by atoms with Crippen molar-refractivity contribution in [1.82, 2.24) is 0 Å². The van der Waals surface area contributed by atoms with E-state index in [2.05, 4.69) is 0 Å². The van der Waals surface area contributed by atoms with Gasteiger partial charge < -0.3 is 76.6 Å². The second kappa shape index (κ2) is 40.1. The molecular weight excluding hydrogens is 1600 g/mol. The topological polar surface area (TPSA) is 303 Å². The summed E-state index contributed by atoms with van der Waals surface area (Å²) >= 11 is 0. The van der Waals surface area contributed by atoms with E-state index in [-0.39, 0.29) is 92.8 Å². The summed E-state index contributed by atoms with van der Waals surface area (Å²) in [6.45, 7) is 34.3. The molecule has 0 aliphatic rings. The Kier molecular flexibility index (Phi) is 29.4. The maximum Gasteiger partial charge on any atom is 0.121 e. The van der Waals surface area contributed by atoms with E-state index in [4.69, 9.17) is 0 Å². The second-order valence-electron chi connectivity index (χ2n) is 34.1. The Morgan fingerprint density at radius 1 is 0.133 bits per heavy atom. The number of aromatic hydroxyl groups is 15. The molecule has 0 heterocycles. The summed E-state index contributed by atoms with van der Waals surface area (Å²) in [5.74, 6) is 3.41. The zero-order valence-electron chi connectivity index (χ0n) is 75.8. The van der Waals surface area contributed by atoms with Crippen LogP contribution in [-0.4, -0.2) is 76.6 Å². The molecule has 15 rings (SSSR count). The van der Waals surface area contributed by atoms with Crippen molar-refractivity contribution in [3.63, 3.8) is 0 Å². The zero-order valence-corrected chi connectivity index (χ0v) is 75.8. The average molecular weight is 1710 g/mol. The molecule has 0 fully saturated rings. The Labute approximate surface area is 751 Å². The number of benzene rings is 15. The summed E-state index contributed by atoms with van der Waals surface area (Å²) < 4.78 is 0. The molecule has 0 bridgehead atoms. The van der Waals surface area contributed by atoms with Gasteiger partial charge in [0.1, 0.15) is 86.2 Å². The van der Waals surface area contributed by atoms with E-state index in [0.717, 1.165) is 184 Å². The summed E-state index contributed by atoms with van der Waals surface area (Å²) in [6.07, 6.45) is 0. The molecule has 0 saturated carbocycles. The van der Waals surface area contributed by atoms with Crippen LogP contribution in [0.2, 0.25) is 0 Å². The molecule has 15 nitrogen and oxygen atoms in total. The van der Waals surface area contributed by atoms with Gasteiger partial charge >= 0.3 is 0 Å². The fourth-order valence-corrected chi connectivity index (χ4v) is 17.1. The van der Waals surface area contributed by atoms with Gasteiger partial charge in [0.25, 0.3) is 0 Å². The number of phenols is 15. The lowest BCUT2D eigenvalue weighted by Gasteiger charge is -2.25. The van der Waals surface area contributed by atoms with Crippen LogP contribution in [0.3, 0.4) is 0 Å². The van der Waals surface area contributed by atoms with E-state index in [1.807, 2.05) is 282 Å². The molecule has 15 heteroatoms. The van der Waals surface area contributed by atoms with Crippen LogP contribution in [0.4, 0.5) is 0 Å². The Balaban J connectivity index is 0.000000155. The Morgan fingerprint density at radius 2 is 0.336 bits per heavy atom. The molecule has 0 radical (unpaired) electrons. The van der Waals surface area contributed by atoms with E-state index in [9.17, 15) is 76.6 Å². The van der Waals surface area contributed by atoms with E-state index in [0.29, 0.717) is 23.0 Å². The summed E-state index contributed by atoms with van der Waals surface area (Å²) in [5.41, 5.74) is 30.4. The summed E-state index contributed by atoms with van der Waals surface area (Å²) in [7, 11) is 0. The smallest absolute Gasteiger partial charge is 0.121 e. The molecule has 658 valence electrons. The van der Waals surface area contributed by atoms with Crippen LogP contribution >= 0.6 is 0 Å². The normalized spacial score (nSPS) is 11.1. The molecule has 0 aliphatic carbocycles. The van der Waals surface area contributed by atoms with Gasteiger partial charge in [-0.1, -0.05) is 170 Å². The van der Waals surface area contributed by atoms with Gasteiger partial charge in [0.2, 0.25) is 0 Å². The van der Waals surface area contributed by atoms with Crippen molar-refractivity contribution in [3.05, 3.63) is 438 Å². The van der Waals surface area contributed by atoms with Gasteiger partial charge in [-0.05, 0) is 382 Å². The Bertz CT molecular complexity index is 6190. The van der Waals surface area contributed by atoms with Gasteiger partial charge in [-0.15, -0.1) is 0 Å². The maximum atomic E-state index is 10.5. The van der Waals surface area contributed by atoms with Crippen molar-refractivity contribution in [1.29, 1.82) is 0 Å². The largest absolute Gasteiger partial charge is 0.508 e. The SMILES string of the molecule is Cc1cc(C(c2cc(C)c(O)c(C)c2)c2ccccc2O)cc(C)c1O.Cc1cc(C(c2cc(C)c(O)cc2C)c2ccccc2O)c(C)cc1O.Cc1cc(C(c2ccc(O)cc2)c2cc(C)c(O)c(C)c2)cc(C)c1O.Cc1cc(C(c2ccc(O)cc2)c2cc(C)c(O)cc2C)c(C)cc1O.Cc1cc(C(c2ccc(O)cc2)c2ccc(O)c(C)c2)ccc1O. The molecular formula is C113H116O15. The third-order valence-corrected chi connectivity index (χ3v) is 24.3. The summed E-state index contributed by atoms with van der Waals surface area (Å²) in [5, 5.41) is 150. The highest BCUT2D eigenvalue weighted by Crippen LogP contribution is 2.47. The molecule has 15 aromatic rings. The van der Waals surface area contributed by atoms with Gasteiger partial charge in [0, 0.05) is 40.7 Å². The highest BCUT2D eigenvalue weighted by atomic mass is 16.3. The molecule has 0 unspecified atom stereocenters. The quantitative estimate of drug-likeness (QED) is 0.0425. The summed E-state index contributed by atoms with van der Waals surface area (Å²) in [4.78, 5) is 0. The number of phenolic OH excluding ortho intramolecular Hbond substituents is 15. The molecule has 0 saturated heterocycles. The maximum absolute atomic E-state index is 10.5. The molecule has 0 spiro atoms. The molecule has 15 aromatic carbocycles. The van der Waals surface area contributed by atoms with E-state index < -0.39 is 0 Å². The van der Waals surface area contributed by atoms with Crippen molar-refractivity contribution in [2.45, 2.75) is 154 Å². The van der Waals surface area contributed by atoms with Crippen LogP contribution in [-0.2, 0) is 0 Å². The molecule has 0 aromatic heterocycles. The van der Waals surface area contributed by atoms with Crippen molar-refractivity contribution >= 4 is 0 Å². The monoisotopic (exact) mass is 1710 g/mol. The van der Waals surface area contributed by atoms with Crippen molar-refractivity contribution in [2.24, 2.45) is 0 Å². The fourth-order valence-electron chi connectivity index (χ4n) is 17.1. The third kappa shape index (κ3) is 21.4. The minimum atomic E-state index is -0.202. The van der Waals surface area contributed by atoms with Gasteiger partial charge in [-0.2, -0.15) is 0 Å². The lowest BCUT2D eigenvalue weighted by molar-refractivity contribution is 0.463. The molecule has 0 aliphatic heterocycles. The predicted molar refractivity (Wildman–Crippen MR) is 512 cm³/mol. The van der Waals surface area contributed by atoms with E-state index >= 15 is 0 Å². The van der Waals surface area contributed by atoms with Crippen molar-refractivity contribution in [3.8, 4) is 86.2 Å². The highest BCUT2D eigenvalue weighted by molar-refractivity contribution is 5.62. The molecule has 128 heavy (non-hydrogen) atoms. The number of hydrogen-bond acceptors (Lipinski definition) is 15. The minimum absolute atomic E-state index is 0.0517. The number of para-hydroxylation sites is 2. The second-order valence-corrected chi connectivity index (χ2v) is 34.1. The van der Waals surface area contributed by atoms with Crippen molar-refractivity contribution < 1.29 is 76.6 Å². The first-order chi connectivity index (χ1) is 60.6. The molecule has 0 amide bonds. The van der Waals surface area contributed by atoms with Gasteiger partial charge in [-0.25, -0.2) is 0 Å². The first-order valence-corrected chi connectivity index (χ1v) is 42.5. The number of aryl methyl sites for hydroxylation is 18. The predicted octanol–water partition coefficient (Wildman–Crippen LogP) is 25.5. The lowest BCUT2D eigenvalue weighted by atomic mass is 9.79. The van der Waals surface area contributed by atoms with Crippen LogP contribution < -0.4 is 0 Å². The Hall–Kier alpha value is -14.7. The van der Waals surface area contributed by atoms with Crippen LogP contribution in [0.1, 0.15) is 213 Å². The number of hydrogen-bond donors (Lipinski definition) is 15. The van der Waals surface area contributed by atoms with Crippen LogP contribution in [0.25, 0.3) is 0 Å². The first kappa shape index (κ1) is 94.0. The first-order valence-electron chi connectivity index (χ1n) is 42.5. The van der Waals surface area contributed by atoms with Gasteiger partial charge in [0.05, 0.1) is 0 Å². The zero-order chi connectivity index (χ0) is 93.3. The van der Waals surface area contributed by atoms with Crippen LogP contribution in [0.5, 0.6) is 86.2 Å². The number of rotatable bonds is 15. The molecule has 0 atom stereocenters. The van der Waals surface area contributed by atoms with Crippen LogP contribution in [0.15, 0.2) is 255 Å². The third-order valence-electron chi connectivity index (χ3n) is 24.3. The van der Waals surface area contributed by atoms with Crippen LogP contribution in [0, 0.1) is 125 Å². The van der Waals surface area contributed by atoms with Gasteiger partial charge in [0.15, 0.2) is 0 Å². The average Bonchev–Trinajstić information content (AvgIpc) is 0.772. The summed E-state index contributed by atoms with van der Waals surface area (Å²) in [6, 6.07) is 78.2. The Morgan fingerprint density at radius 3 is 0.594 bits per heavy atom.